The van der Waals surface area contributed by atoms with Crippen LogP contribution in [0.5, 0.6) is 0 Å². The van der Waals surface area contributed by atoms with Gasteiger partial charge in [-0.3, -0.25) is 4.79 Å². The van der Waals surface area contributed by atoms with Crippen LogP contribution in [0.4, 0.5) is 5.95 Å². The fraction of sp³-hybridized carbons (Fsp3) is 0.471. The Morgan fingerprint density at radius 2 is 2.21 bits per heavy atom. The van der Waals surface area contributed by atoms with Crippen LogP contribution in [0.3, 0.4) is 0 Å². The predicted molar refractivity (Wildman–Crippen MR) is 86.6 cm³/mol. The van der Waals surface area contributed by atoms with Crippen molar-refractivity contribution in [3.05, 3.63) is 42.6 Å². The Balaban J connectivity index is 1.38. The Morgan fingerprint density at radius 1 is 1.33 bits per heavy atom. The Kier molecular flexibility index (Phi) is 4.17. The van der Waals surface area contributed by atoms with Gasteiger partial charge < -0.3 is 19.4 Å². The lowest BCUT2D eigenvalue weighted by atomic mass is 9.84. The van der Waals surface area contributed by atoms with Crippen molar-refractivity contribution in [3.8, 4) is 0 Å². The second kappa shape index (κ2) is 6.60. The van der Waals surface area contributed by atoms with E-state index in [4.69, 9.17) is 9.15 Å². The van der Waals surface area contributed by atoms with Gasteiger partial charge in [0.15, 0.2) is 5.76 Å². The average molecular weight is 328 g/mol. The number of ether oxygens (including phenoxy) is 1. The quantitative estimate of drug-likeness (QED) is 0.912. The number of anilines is 1. The summed E-state index contributed by atoms with van der Waals surface area (Å²) in [5.41, 5.74) is 0. The average Bonchev–Trinajstić information content (AvgIpc) is 3.30. The van der Waals surface area contributed by atoms with Gasteiger partial charge in [-0.1, -0.05) is 0 Å². The van der Waals surface area contributed by atoms with E-state index in [1.807, 2.05) is 6.07 Å². The Labute approximate surface area is 140 Å². The van der Waals surface area contributed by atoms with Crippen LogP contribution in [-0.4, -0.2) is 48.2 Å². The lowest BCUT2D eigenvalue weighted by Crippen LogP contribution is -2.46. The molecule has 2 saturated heterocycles. The normalized spacial score (nSPS) is 26.2. The van der Waals surface area contributed by atoms with Crippen molar-refractivity contribution < 1.29 is 13.9 Å². The minimum atomic E-state index is -0.203. The van der Waals surface area contributed by atoms with Gasteiger partial charge in [-0.05, 0) is 30.5 Å². The van der Waals surface area contributed by atoms with Gasteiger partial charge in [-0.2, -0.15) is 0 Å². The molecule has 4 rings (SSSR count). The van der Waals surface area contributed by atoms with Crippen LogP contribution in [0.1, 0.15) is 17.0 Å². The highest BCUT2D eigenvalue weighted by atomic mass is 16.5. The van der Waals surface area contributed by atoms with E-state index in [0.717, 1.165) is 32.1 Å². The molecule has 0 unspecified atom stereocenters. The smallest absolute Gasteiger partial charge is 0.287 e. The number of fused-ring (bicyclic) bond motifs is 1. The number of carbonyl (C=O) groups is 1. The third kappa shape index (κ3) is 2.99. The van der Waals surface area contributed by atoms with Gasteiger partial charge in [0.2, 0.25) is 5.95 Å². The molecular formula is C17H20N4O3. The van der Waals surface area contributed by atoms with E-state index in [9.17, 15) is 4.79 Å². The van der Waals surface area contributed by atoms with Gasteiger partial charge in [-0.15, -0.1) is 0 Å². The SMILES string of the molecule is O=C(NC[C@H]1OC[C@@H]2CCN(c3ncccn3)C[C@@H]21)c1ccco1. The Morgan fingerprint density at radius 3 is 3.00 bits per heavy atom. The zero-order valence-electron chi connectivity index (χ0n) is 13.3. The number of aromatic nitrogens is 2. The first kappa shape index (κ1) is 15.1. The first-order valence-corrected chi connectivity index (χ1v) is 8.26. The molecule has 0 aromatic carbocycles. The fourth-order valence-electron chi connectivity index (χ4n) is 3.56. The monoisotopic (exact) mass is 328 g/mol. The molecule has 24 heavy (non-hydrogen) atoms. The van der Waals surface area contributed by atoms with Crippen molar-refractivity contribution in [1.29, 1.82) is 0 Å². The lowest BCUT2D eigenvalue weighted by molar-refractivity contribution is 0.0766. The molecule has 0 radical (unpaired) electrons. The van der Waals surface area contributed by atoms with E-state index in [-0.39, 0.29) is 12.0 Å². The summed E-state index contributed by atoms with van der Waals surface area (Å²) >= 11 is 0. The third-order valence-electron chi connectivity index (χ3n) is 4.85. The minimum Gasteiger partial charge on any atom is -0.459 e. The molecule has 7 nitrogen and oxygen atoms in total. The second-order valence-corrected chi connectivity index (χ2v) is 6.27. The zero-order valence-corrected chi connectivity index (χ0v) is 13.3. The van der Waals surface area contributed by atoms with E-state index in [0.29, 0.717) is 24.1 Å². The van der Waals surface area contributed by atoms with Crippen LogP contribution < -0.4 is 10.2 Å². The largest absolute Gasteiger partial charge is 0.459 e. The van der Waals surface area contributed by atoms with E-state index < -0.39 is 0 Å². The number of furan rings is 1. The van der Waals surface area contributed by atoms with Crippen molar-refractivity contribution in [3.63, 3.8) is 0 Å². The maximum atomic E-state index is 12.0. The number of rotatable bonds is 4. The van der Waals surface area contributed by atoms with Crippen LogP contribution in [0.2, 0.25) is 0 Å². The van der Waals surface area contributed by atoms with Gasteiger partial charge in [-0.25, -0.2) is 9.97 Å². The number of hydrogen-bond donors (Lipinski definition) is 1. The molecule has 2 aliphatic heterocycles. The lowest BCUT2D eigenvalue weighted by Gasteiger charge is -2.35. The molecule has 4 heterocycles. The van der Waals surface area contributed by atoms with Gasteiger partial charge in [0, 0.05) is 37.9 Å². The van der Waals surface area contributed by atoms with Gasteiger partial charge in [0.05, 0.1) is 19.0 Å². The van der Waals surface area contributed by atoms with Gasteiger partial charge >= 0.3 is 0 Å². The first-order valence-electron chi connectivity index (χ1n) is 8.26. The van der Waals surface area contributed by atoms with E-state index in [1.165, 1.54) is 6.26 Å². The molecule has 0 saturated carbocycles. The van der Waals surface area contributed by atoms with Crippen molar-refractivity contribution in [2.24, 2.45) is 11.8 Å². The predicted octanol–water partition coefficient (Wildman–Crippen LogP) is 1.34. The Bertz CT molecular complexity index is 676. The Hall–Kier alpha value is -2.41. The van der Waals surface area contributed by atoms with Crippen molar-refractivity contribution >= 4 is 11.9 Å². The van der Waals surface area contributed by atoms with Crippen molar-refractivity contribution in [2.45, 2.75) is 12.5 Å². The minimum absolute atomic E-state index is 0.0143. The molecule has 2 aromatic heterocycles. The number of hydrogen-bond acceptors (Lipinski definition) is 6. The molecule has 126 valence electrons. The second-order valence-electron chi connectivity index (χ2n) is 6.27. The molecule has 1 N–H and O–H groups in total. The molecule has 2 aromatic rings. The zero-order chi connectivity index (χ0) is 16.4. The molecule has 0 bridgehead atoms. The highest BCUT2D eigenvalue weighted by molar-refractivity contribution is 5.91. The van der Waals surface area contributed by atoms with E-state index in [2.05, 4.69) is 20.2 Å². The molecule has 2 aliphatic rings. The summed E-state index contributed by atoms with van der Waals surface area (Å²) in [5, 5.41) is 2.91. The summed E-state index contributed by atoms with van der Waals surface area (Å²) in [7, 11) is 0. The molecule has 7 heteroatoms. The van der Waals surface area contributed by atoms with Crippen molar-refractivity contribution in [1.82, 2.24) is 15.3 Å². The van der Waals surface area contributed by atoms with Crippen LogP contribution in [0.25, 0.3) is 0 Å². The van der Waals surface area contributed by atoms with Crippen LogP contribution in [0.15, 0.2) is 41.3 Å². The van der Waals surface area contributed by atoms with Crippen LogP contribution in [-0.2, 0) is 4.74 Å². The summed E-state index contributed by atoms with van der Waals surface area (Å²) in [6.07, 6.45) is 6.10. The maximum Gasteiger partial charge on any atom is 0.287 e. The highest BCUT2D eigenvalue weighted by Crippen LogP contribution is 2.34. The number of nitrogens with zero attached hydrogens (tertiary/aromatic N) is 3. The molecule has 1 amide bonds. The van der Waals surface area contributed by atoms with E-state index in [1.54, 1.807) is 24.5 Å². The van der Waals surface area contributed by atoms with Crippen LogP contribution in [0, 0.1) is 11.8 Å². The topological polar surface area (TPSA) is 80.5 Å². The van der Waals surface area contributed by atoms with Crippen LogP contribution >= 0.6 is 0 Å². The molecule has 2 fully saturated rings. The molecule has 0 spiro atoms. The summed E-state index contributed by atoms with van der Waals surface area (Å²) in [4.78, 5) is 22.9. The molecule has 0 aliphatic carbocycles. The molecule has 3 atom stereocenters. The first-order chi connectivity index (χ1) is 11.8. The summed E-state index contributed by atoms with van der Waals surface area (Å²) < 4.78 is 11.1. The summed E-state index contributed by atoms with van der Waals surface area (Å²) in [6, 6.07) is 5.18. The number of nitrogens with one attached hydrogen (secondary N) is 1. The maximum absolute atomic E-state index is 12.0. The van der Waals surface area contributed by atoms with Gasteiger partial charge in [0.1, 0.15) is 0 Å². The van der Waals surface area contributed by atoms with Crippen molar-refractivity contribution in [2.75, 3.05) is 31.1 Å². The highest BCUT2D eigenvalue weighted by Gasteiger charge is 2.41. The number of piperidine rings is 1. The number of carbonyl (C=O) groups excluding carboxylic acids is 1. The van der Waals surface area contributed by atoms with Gasteiger partial charge in [0.25, 0.3) is 5.91 Å². The number of amides is 1. The molecular weight excluding hydrogens is 308 g/mol. The standard InChI is InChI=1S/C17H20N4O3/c22-16(14-3-1-8-23-14)20-9-15-13-10-21(7-4-12(13)11-24-15)17-18-5-2-6-19-17/h1-3,5-6,8,12-13,15H,4,7,9-11H2,(H,20,22)/t12-,13-,15+/m0/s1. The fourth-order valence-corrected chi connectivity index (χ4v) is 3.56. The third-order valence-corrected chi connectivity index (χ3v) is 4.85. The van der Waals surface area contributed by atoms with E-state index >= 15 is 0 Å². The summed E-state index contributed by atoms with van der Waals surface area (Å²) in [6.45, 7) is 3.05. The summed E-state index contributed by atoms with van der Waals surface area (Å²) in [5.74, 6) is 1.80.